The lowest BCUT2D eigenvalue weighted by atomic mass is 10.2. The number of carbonyl (C=O) groups excluding carboxylic acids is 1. The van der Waals surface area contributed by atoms with E-state index < -0.39 is 15.9 Å². The van der Waals surface area contributed by atoms with Gasteiger partial charge in [0.15, 0.2) is 0 Å². The molecule has 0 aromatic carbocycles. The average molecular weight is 290 g/mol. The van der Waals surface area contributed by atoms with Gasteiger partial charge in [0.2, 0.25) is 5.91 Å². The molecule has 1 unspecified atom stereocenters. The van der Waals surface area contributed by atoms with Crippen molar-refractivity contribution in [2.75, 3.05) is 18.6 Å². The third kappa shape index (κ3) is 6.13. The molecular formula is C11H18N2O3S2. The molecule has 0 aliphatic heterocycles. The molecular weight excluding hydrogens is 272 g/mol. The van der Waals surface area contributed by atoms with Crippen LogP contribution in [0.15, 0.2) is 16.8 Å². The second kappa shape index (κ2) is 6.86. The van der Waals surface area contributed by atoms with Crippen LogP contribution in [0.1, 0.15) is 12.0 Å². The highest BCUT2D eigenvalue weighted by atomic mass is 32.2. The maximum atomic E-state index is 11.6. The standard InChI is InChI=1S/C11H18N2O3S2/c1-18(15,16)7-4-10(12)11(14)13-5-2-9-3-6-17-8-9/h3,6,8,10H,2,4-5,7,12H2,1H3,(H,13,14). The van der Waals surface area contributed by atoms with Crippen LogP contribution < -0.4 is 11.1 Å². The van der Waals surface area contributed by atoms with Crippen molar-refractivity contribution < 1.29 is 13.2 Å². The van der Waals surface area contributed by atoms with Crippen molar-refractivity contribution in [2.24, 2.45) is 5.73 Å². The monoisotopic (exact) mass is 290 g/mol. The number of rotatable bonds is 7. The number of sulfone groups is 1. The maximum absolute atomic E-state index is 11.6. The molecule has 0 aliphatic rings. The van der Waals surface area contributed by atoms with Gasteiger partial charge in [-0.2, -0.15) is 11.3 Å². The first-order chi connectivity index (χ1) is 8.38. The van der Waals surface area contributed by atoms with E-state index in [-0.39, 0.29) is 18.1 Å². The Morgan fingerprint density at radius 3 is 2.83 bits per heavy atom. The largest absolute Gasteiger partial charge is 0.354 e. The van der Waals surface area contributed by atoms with Gasteiger partial charge >= 0.3 is 0 Å². The molecule has 1 amide bonds. The molecule has 0 radical (unpaired) electrons. The van der Waals surface area contributed by atoms with Gasteiger partial charge in [-0.1, -0.05) is 0 Å². The van der Waals surface area contributed by atoms with Gasteiger partial charge in [-0.25, -0.2) is 8.42 Å². The molecule has 0 aliphatic carbocycles. The van der Waals surface area contributed by atoms with Crippen molar-refractivity contribution in [3.05, 3.63) is 22.4 Å². The molecule has 0 fully saturated rings. The fraction of sp³-hybridized carbons (Fsp3) is 0.545. The fourth-order valence-corrected chi connectivity index (χ4v) is 2.75. The van der Waals surface area contributed by atoms with Gasteiger partial charge in [0.05, 0.1) is 11.8 Å². The SMILES string of the molecule is CS(=O)(=O)CCC(N)C(=O)NCCc1ccsc1. The minimum Gasteiger partial charge on any atom is -0.354 e. The second-order valence-corrected chi connectivity index (χ2v) is 7.24. The van der Waals surface area contributed by atoms with Gasteiger partial charge in [0.25, 0.3) is 0 Å². The molecule has 0 saturated carbocycles. The summed E-state index contributed by atoms with van der Waals surface area (Å²) in [7, 11) is -3.07. The van der Waals surface area contributed by atoms with E-state index >= 15 is 0 Å². The van der Waals surface area contributed by atoms with E-state index in [1.54, 1.807) is 11.3 Å². The summed E-state index contributed by atoms with van der Waals surface area (Å²) in [5.41, 5.74) is 6.78. The van der Waals surface area contributed by atoms with Crippen molar-refractivity contribution in [1.29, 1.82) is 0 Å². The molecule has 1 heterocycles. The second-order valence-electron chi connectivity index (χ2n) is 4.20. The Labute approximate surface area is 111 Å². The van der Waals surface area contributed by atoms with Crippen molar-refractivity contribution in [3.8, 4) is 0 Å². The van der Waals surface area contributed by atoms with E-state index in [9.17, 15) is 13.2 Å². The lowest BCUT2D eigenvalue weighted by molar-refractivity contribution is -0.122. The first-order valence-corrected chi connectivity index (χ1v) is 8.61. The van der Waals surface area contributed by atoms with Crippen LogP contribution in [-0.4, -0.2) is 38.9 Å². The molecule has 3 N–H and O–H groups in total. The zero-order valence-electron chi connectivity index (χ0n) is 10.3. The minimum atomic E-state index is -3.07. The van der Waals surface area contributed by atoms with E-state index in [0.717, 1.165) is 12.7 Å². The molecule has 1 atom stereocenters. The van der Waals surface area contributed by atoms with Crippen molar-refractivity contribution in [2.45, 2.75) is 18.9 Å². The lowest BCUT2D eigenvalue weighted by Gasteiger charge is -2.11. The predicted molar refractivity (Wildman–Crippen MR) is 73.3 cm³/mol. The summed E-state index contributed by atoms with van der Waals surface area (Å²) in [5, 5.41) is 6.71. The molecule has 0 saturated heterocycles. The first-order valence-electron chi connectivity index (χ1n) is 5.60. The summed E-state index contributed by atoms with van der Waals surface area (Å²) < 4.78 is 21.9. The number of nitrogens with two attached hydrogens (primary N) is 1. The van der Waals surface area contributed by atoms with E-state index in [2.05, 4.69) is 5.32 Å². The Morgan fingerprint density at radius 1 is 1.56 bits per heavy atom. The molecule has 7 heteroatoms. The number of thiophene rings is 1. The van der Waals surface area contributed by atoms with Crippen LogP contribution in [0.25, 0.3) is 0 Å². The molecule has 1 aromatic rings. The van der Waals surface area contributed by atoms with Gasteiger partial charge in [0, 0.05) is 12.8 Å². The number of hydrogen-bond acceptors (Lipinski definition) is 5. The first kappa shape index (κ1) is 15.1. The van der Waals surface area contributed by atoms with E-state index in [0.29, 0.717) is 6.54 Å². The number of nitrogens with one attached hydrogen (secondary N) is 1. The molecule has 1 aromatic heterocycles. The lowest BCUT2D eigenvalue weighted by Crippen LogP contribution is -2.42. The van der Waals surface area contributed by atoms with E-state index in [1.807, 2.05) is 16.8 Å². The predicted octanol–water partition coefficient (Wildman–Crippen LogP) is 0.169. The van der Waals surface area contributed by atoms with E-state index in [1.165, 1.54) is 5.56 Å². The van der Waals surface area contributed by atoms with Crippen LogP contribution in [0.5, 0.6) is 0 Å². The third-order valence-corrected chi connectivity index (χ3v) is 4.14. The van der Waals surface area contributed by atoms with Crippen molar-refractivity contribution in [1.82, 2.24) is 5.32 Å². The molecule has 0 bridgehead atoms. The van der Waals surface area contributed by atoms with E-state index in [4.69, 9.17) is 5.73 Å². The quantitative estimate of drug-likeness (QED) is 0.749. The summed E-state index contributed by atoms with van der Waals surface area (Å²) in [6.07, 6.45) is 2.05. The molecule has 1 rings (SSSR count). The van der Waals surface area contributed by atoms with Crippen molar-refractivity contribution >= 4 is 27.1 Å². The molecule has 0 spiro atoms. The Kier molecular flexibility index (Phi) is 5.77. The molecule has 102 valence electrons. The smallest absolute Gasteiger partial charge is 0.236 e. The highest BCUT2D eigenvalue weighted by molar-refractivity contribution is 7.90. The van der Waals surface area contributed by atoms with Gasteiger partial charge in [-0.15, -0.1) is 0 Å². The summed E-state index contributed by atoms with van der Waals surface area (Å²) in [6, 6.07) is 1.24. The number of hydrogen-bond donors (Lipinski definition) is 2. The number of amides is 1. The maximum Gasteiger partial charge on any atom is 0.236 e. The van der Waals surface area contributed by atoms with Gasteiger partial charge < -0.3 is 11.1 Å². The summed E-state index contributed by atoms with van der Waals surface area (Å²) in [4.78, 5) is 11.6. The molecule has 18 heavy (non-hydrogen) atoms. The average Bonchev–Trinajstić information content (AvgIpc) is 2.77. The van der Waals surface area contributed by atoms with Gasteiger partial charge in [-0.3, -0.25) is 4.79 Å². The highest BCUT2D eigenvalue weighted by Gasteiger charge is 2.15. The van der Waals surface area contributed by atoms with Crippen molar-refractivity contribution in [3.63, 3.8) is 0 Å². The zero-order chi connectivity index (χ0) is 13.6. The van der Waals surface area contributed by atoms with Crippen LogP contribution in [0.4, 0.5) is 0 Å². The topological polar surface area (TPSA) is 89.3 Å². The summed E-state index contributed by atoms with van der Waals surface area (Å²) in [5.74, 6) is -0.361. The fourth-order valence-electron chi connectivity index (χ4n) is 1.37. The highest BCUT2D eigenvalue weighted by Crippen LogP contribution is 2.05. The minimum absolute atomic E-state index is 0.0634. The normalized spacial score (nSPS) is 13.2. The third-order valence-electron chi connectivity index (χ3n) is 2.43. The Balaban J connectivity index is 2.23. The Hall–Kier alpha value is -0.920. The molecule has 5 nitrogen and oxygen atoms in total. The van der Waals surface area contributed by atoms with Gasteiger partial charge in [-0.05, 0) is 35.2 Å². The van der Waals surface area contributed by atoms with Crippen LogP contribution in [0.2, 0.25) is 0 Å². The summed E-state index contributed by atoms with van der Waals surface area (Å²) >= 11 is 1.61. The van der Waals surface area contributed by atoms with Crippen LogP contribution in [0.3, 0.4) is 0 Å². The van der Waals surface area contributed by atoms with Crippen LogP contribution in [0, 0.1) is 0 Å². The zero-order valence-corrected chi connectivity index (χ0v) is 11.9. The van der Waals surface area contributed by atoms with Gasteiger partial charge in [0.1, 0.15) is 9.84 Å². The summed E-state index contributed by atoms with van der Waals surface area (Å²) in [6.45, 7) is 0.516. The van der Waals surface area contributed by atoms with Crippen LogP contribution >= 0.6 is 11.3 Å². The Bertz CT molecular complexity index is 468. The van der Waals surface area contributed by atoms with Crippen LogP contribution in [-0.2, 0) is 21.1 Å². The Morgan fingerprint density at radius 2 is 2.28 bits per heavy atom. The number of carbonyl (C=O) groups is 1.